The molecule has 0 aromatic carbocycles. The van der Waals surface area contributed by atoms with Crippen molar-refractivity contribution in [3.63, 3.8) is 0 Å². The van der Waals surface area contributed by atoms with E-state index >= 15 is 0 Å². The van der Waals surface area contributed by atoms with Crippen LogP contribution in [-0.2, 0) is 0 Å². The molecule has 0 saturated carbocycles. The van der Waals surface area contributed by atoms with E-state index in [0.717, 1.165) is 11.7 Å². The Bertz CT molecular complexity index is 150. The molecule has 0 fully saturated rings. The number of nitrogens with two attached hydrogens (primary N) is 1. The number of allylic oxidation sites excluding steroid dienone is 1. The maximum absolute atomic E-state index is 5.90. The highest BCUT2D eigenvalue weighted by molar-refractivity contribution is 8.02. The van der Waals surface area contributed by atoms with Crippen LogP contribution in [0.1, 0.15) is 39.5 Å². The van der Waals surface area contributed by atoms with E-state index in [-0.39, 0.29) is 5.54 Å². The van der Waals surface area contributed by atoms with E-state index in [0.29, 0.717) is 0 Å². The van der Waals surface area contributed by atoms with Gasteiger partial charge in [-0.2, -0.15) is 0 Å². The Labute approximate surface area is 79.8 Å². The molecule has 0 aliphatic carbocycles. The maximum Gasteiger partial charge on any atom is 0.0123 e. The zero-order valence-corrected chi connectivity index (χ0v) is 8.86. The van der Waals surface area contributed by atoms with Crippen molar-refractivity contribution in [2.24, 2.45) is 5.73 Å². The van der Waals surface area contributed by atoms with Crippen LogP contribution in [0.5, 0.6) is 0 Å². The molecule has 0 aromatic rings. The predicted octanol–water partition coefficient (Wildman–Crippen LogP) is 2.91. The first kappa shape index (κ1) is 10.1. The van der Waals surface area contributed by atoms with Crippen LogP contribution in [0.4, 0.5) is 0 Å². The summed E-state index contributed by atoms with van der Waals surface area (Å²) in [5.41, 5.74) is 5.92. The van der Waals surface area contributed by atoms with Gasteiger partial charge >= 0.3 is 0 Å². The van der Waals surface area contributed by atoms with Gasteiger partial charge in [-0.25, -0.2) is 0 Å². The van der Waals surface area contributed by atoms with E-state index < -0.39 is 0 Å². The van der Waals surface area contributed by atoms with Gasteiger partial charge in [0.05, 0.1) is 0 Å². The summed E-state index contributed by atoms with van der Waals surface area (Å²) in [7, 11) is 0. The monoisotopic (exact) mass is 185 g/mol. The fraction of sp³-hybridized carbons (Fsp3) is 0.800. The summed E-state index contributed by atoms with van der Waals surface area (Å²) in [6, 6.07) is 0. The Morgan fingerprint density at radius 2 is 2.33 bits per heavy atom. The molecule has 12 heavy (non-hydrogen) atoms. The molecule has 0 saturated heterocycles. The molecule has 1 aliphatic heterocycles. The van der Waals surface area contributed by atoms with Gasteiger partial charge in [-0.3, -0.25) is 0 Å². The molecule has 0 bridgehead atoms. The second kappa shape index (κ2) is 4.33. The van der Waals surface area contributed by atoms with Crippen molar-refractivity contribution in [2.75, 3.05) is 0 Å². The predicted molar refractivity (Wildman–Crippen MR) is 57.3 cm³/mol. The second-order valence-corrected chi connectivity index (χ2v) is 5.46. The van der Waals surface area contributed by atoms with Gasteiger partial charge in [0.15, 0.2) is 0 Å². The molecular formula is C10H19NS. The zero-order valence-electron chi connectivity index (χ0n) is 8.05. The number of hydrogen-bond acceptors (Lipinski definition) is 2. The molecule has 1 aliphatic rings. The van der Waals surface area contributed by atoms with Gasteiger partial charge in [-0.05, 0) is 38.5 Å². The largest absolute Gasteiger partial charge is 0.326 e. The molecule has 1 rings (SSSR count). The van der Waals surface area contributed by atoms with Crippen LogP contribution in [0.3, 0.4) is 0 Å². The van der Waals surface area contributed by atoms with E-state index in [1.807, 2.05) is 11.8 Å². The topological polar surface area (TPSA) is 26.0 Å². The Balaban J connectivity index is 2.03. The van der Waals surface area contributed by atoms with Crippen LogP contribution in [0, 0.1) is 0 Å². The molecule has 1 nitrogen and oxygen atoms in total. The van der Waals surface area contributed by atoms with Gasteiger partial charge < -0.3 is 5.73 Å². The van der Waals surface area contributed by atoms with Crippen LogP contribution in [0.2, 0.25) is 0 Å². The highest BCUT2D eigenvalue weighted by Crippen LogP contribution is 2.28. The summed E-state index contributed by atoms with van der Waals surface area (Å²) in [6.07, 6.45) is 7.25. The smallest absolute Gasteiger partial charge is 0.0123 e. The average Bonchev–Trinajstić information content (AvgIpc) is 2.36. The van der Waals surface area contributed by atoms with Gasteiger partial charge in [0.2, 0.25) is 0 Å². The van der Waals surface area contributed by atoms with Crippen molar-refractivity contribution in [3.8, 4) is 0 Å². The number of hydrogen-bond donors (Lipinski definition) is 1. The maximum atomic E-state index is 5.90. The fourth-order valence-corrected chi connectivity index (χ4v) is 2.37. The van der Waals surface area contributed by atoms with Gasteiger partial charge in [0, 0.05) is 10.8 Å². The Hall–Kier alpha value is 0.0500. The molecule has 1 heterocycles. The van der Waals surface area contributed by atoms with E-state index in [1.54, 1.807) is 0 Å². The van der Waals surface area contributed by atoms with Crippen LogP contribution < -0.4 is 5.73 Å². The molecule has 2 heteroatoms. The summed E-state index contributed by atoms with van der Waals surface area (Å²) >= 11 is 1.97. The summed E-state index contributed by atoms with van der Waals surface area (Å²) < 4.78 is 0. The Kier molecular flexibility index (Phi) is 3.66. The molecule has 0 radical (unpaired) electrons. The first-order chi connectivity index (χ1) is 5.58. The van der Waals surface area contributed by atoms with E-state index in [4.69, 9.17) is 5.73 Å². The highest BCUT2D eigenvalue weighted by Gasteiger charge is 2.14. The molecule has 0 aromatic heterocycles. The Morgan fingerprint density at radius 1 is 1.58 bits per heavy atom. The highest BCUT2D eigenvalue weighted by atomic mass is 32.2. The van der Waals surface area contributed by atoms with Gasteiger partial charge in [-0.1, -0.05) is 12.5 Å². The van der Waals surface area contributed by atoms with Crippen molar-refractivity contribution >= 4 is 11.8 Å². The normalized spacial score (nSPS) is 23.4. The third-order valence-corrected chi connectivity index (χ3v) is 3.28. The van der Waals surface area contributed by atoms with Gasteiger partial charge in [0.25, 0.3) is 0 Å². The van der Waals surface area contributed by atoms with Gasteiger partial charge in [0.1, 0.15) is 0 Å². The third-order valence-electron chi connectivity index (χ3n) is 2.11. The first-order valence-corrected chi connectivity index (χ1v) is 5.61. The van der Waals surface area contributed by atoms with E-state index in [1.165, 1.54) is 19.3 Å². The molecular weight excluding hydrogens is 166 g/mol. The van der Waals surface area contributed by atoms with Crippen LogP contribution >= 0.6 is 11.8 Å². The fourth-order valence-electron chi connectivity index (χ4n) is 1.40. The zero-order chi connectivity index (χ0) is 9.03. The van der Waals surface area contributed by atoms with Crippen LogP contribution in [0.25, 0.3) is 0 Å². The Morgan fingerprint density at radius 3 is 2.83 bits per heavy atom. The minimum absolute atomic E-state index is 0.0245. The minimum atomic E-state index is 0.0245. The summed E-state index contributed by atoms with van der Waals surface area (Å²) in [5.74, 6) is 0. The lowest BCUT2D eigenvalue weighted by Crippen LogP contribution is -2.31. The van der Waals surface area contributed by atoms with Crippen molar-refractivity contribution in [3.05, 3.63) is 11.5 Å². The minimum Gasteiger partial charge on any atom is -0.326 e. The summed E-state index contributed by atoms with van der Waals surface area (Å²) in [5, 5.41) is 3.06. The average molecular weight is 185 g/mol. The molecule has 1 atom stereocenters. The molecule has 2 N–H and O–H groups in total. The van der Waals surface area contributed by atoms with Crippen molar-refractivity contribution in [1.29, 1.82) is 0 Å². The van der Waals surface area contributed by atoms with Crippen molar-refractivity contribution < 1.29 is 0 Å². The third kappa shape index (κ3) is 4.17. The molecule has 0 amide bonds. The molecule has 1 unspecified atom stereocenters. The SMILES string of the molecule is CC(C)(N)CCCC1CC=CS1. The molecule has 0 spiro atoms. The first-order valence-electron chi connectivity index (χ1n) is 4.67. The quantitative estimate of drug-likeness (QED) is 0.729. The van der Waals surface area contributed by atoms with Crippen LogP contribution in [-0.4, -0.2) is 10.8 Å². The molecule has 70 valence electrons. The van der Waals surface area contributed by atoms with Gasteiger partial charge in [-0.15, -0.1) is 11.8 Å². The summed E-state index contributed by atoms with van der Waals surface area (Å²) in [6.45, 7) is 4.21. The second-order valence-electron chi connectivity index (χ2n) is 4.25. The lowest BCUT2D eigenvalue weighted by Gasteiger charge is -2.18. The van der Waals surface area contributed by atoms with Crippen molar-refractivity contribution in [1.82, 2.24) is 0 Å². The number of rotatable bonds is 4. The lowest BCUT2D eigenvalue weighted by atomic mass is 9.98. The summed E-state index contributed by atoms with van der Waals surface area (Å²) in [4.78, 5) is 0. The van der Waals surface area contributed by atoms with Crippen LogP contribution in [0.15, 0.2) is 11.5 Å². The standard InChI is InChI=1S/C10H19NS/c1-10(2,11)7-3-5-9-6-4-8-12-9/h4,8-9H,3,5-7,11H2,1-2H3. The van der Waals surface area contributed by atoms with E-state index in [9.17, 15) is 0 Å². The van der Waals surface area contributed by atoms with Crippen molar-refractivity contribution in [2.45, 2.75) is 50.3 Å². The lowest BCUT2D eigenvalue weighted by molar-refractivity contribution is 0.448. The van der Waals surface area contributed by atoms with E-state index in [2.05, 4.69) is 25.3 Å². The number of thioether (sulfide) groups is 1.